The van der Waals surface area contributed by atoms with Crippen molar-refractivity contribution in [1.29, 1.82) is 0 Å². The fourth-order valence-corrected chi connectivity index (χ4v) is 5.50. The van der Waals surface area contributed by atoms with Crippen LogP contribution in [0.5, 0.6) is 11.5 Å². The zero-order valence-electron chi connectivity index (χ0n) is 24.3. The van der Waals surface area contributed by atoms with Crippen LogP contribution < -0.4 is 19.6 Å². The Hall–Kier alpha value is -5.09. The maximum absolute atomic E-state index is 14.8. The summed E-state index contributed by atoms with van der Waals surface area (Å²) >= 11 is 1.23. The maximum atomic E-state index is 14.8. The minimum atomic E-state index is -0.482. The van der Waals surface area contributed by atoms with Gasteiger partial charge in [-0.05, 0) is 73.5 Å². The Bertz CT molecular complexity index is 2030. The Labute approximate surface area is 257 Å². The first-order valence-electron chi connectivity index (χ1n) is 14.4. The van der Waals surface area contributed by atoms with Crippen molar-refractivity contribution in [2.24, 2.45) is 0 Å². The van der Waals surface area contributed by atoms with Gasteiger partial charge in [-0.3, -0.25) is 4.79 Å². The predicted octanol–water partition coefficient (Wildman–Crippen LogP) is 6.44. The molecule has 3 heterocycles. The van der Waals surface area contributed by atoms with Gasteiger partial charge in [0.05, 0.1) is 23.4 Å². The monoisotopic (exact) mass is 607 g/mol. The molecule has 0 aliphatic rings. The Kier molecular flexibility index (Phi) is 8.60. The van der Waals surface area contributed by atoms with Crippen LogP contribution in [0, 0.1) is 5.82 Å². The molecular formula is C34H30FN5O3S. The summed E-state index contributed by atoms with van der Waals surface area (Å²) in [7, 11) is 0. The summed E-state index contributed by atoms with van der Waals surface area (Å²) < 4.78 is 29.4. The molecule has 0 saturated carbocycles. The van der Waals surface area contributed by atoms with Gasteiger partial charge in [0.25, 0.3) is 5.56 Å². The molecule has 0 atom stereocenters. The van der Waals surface area contributed by atoms with Gasteiger partial charge in [0.2, 0.25) is 4.96 Å². The summed E-state index contributed by atoms with van der Waals surface area (Å²) in [5, 5.41) is 9.17. The third-order valence-corrected chi connectivity index (χ3v) is 7.78. The minimum Gasteiger partial charge on any atom is -0.494 e. The van der Waals surface area contributed by atoms with Crippen molar-refractivity contribution in [1.82, 2.24) is 24.4 Å². The molecule has 10 heteroatoms. The normalized spacial score (nSPS) is 12.0. The van der Waals surface area contributed by atoms with Gasteiger partial charge in [0.1, 0.15) is 11.4 Å². The van der Waals surface area contributed by atoms with Gasteiger partial charge in [-0.15, -0.1) is 5.10 Å². The number of fused-ring (bicyclic) bond motifs is 1. The number of thiazole rings is 1. The van der Waals surface area contributed by atoms with Crippen molar-refractivity contribution >= 4 is 34.5 Å². The molecule has 0 aliphatic carbocycles. The third kappa shape index (κ3) is 6.30. The average molecular weight is 608 g/mol. The number of benzene rings is 3. The molecule has 0 fully saturated rings. The number of para-hydroxylation sites is 1. The van der Waals surface area contributed by atoms with Gasteiger partial charge in [-0.1, -0.05) is 61.1 Å². The molecule has 0 spiro atoms. The largest absolute Gasteiger partial charge is 0.494 e. The van der Waals surface area contributed by atoms with Gasteiger partial charge in [0, 0.05) is 17.3 Å². The van der Waals surface area contributed by atoms with E-state index in [1.54, 1.807) is 35.9 Å². The van der Waals surface area contributed by atoms with Crippen molar-refractivity contribution < 1.29 is 13.9 Å². The van der Waals surface area contributed by atoms with Crippen molar-refractivity contribution in [3.8, 4) is 28.4 Å². The van der Waals surface area contributed by atoms with Gasteiger partial charge in [0.15, 0.2) is 17.4 Å². The highest BCUT2D eigenvalue weighted by atomic mass is 32.1. The van der Waals surface area contributed by atoms with Gasteiger partial charge >= 0.3 is 0 Å². The van der Waals surface area contributed by atoms with Crippen LogP contribution in [0.15, 0.2) is 83.8 Å². The standard InChI is InChI=1S/C34H30FN5O3S/c1-3-5-19-43-27-15-11-23(12-16-27)13-18-31-36-34-40(37-31)33(41)30(44-34)21-25-22-39(26-9-7-6-8-10-26)38-32(25)24-14-17-29(42-4-2)28(35)20-24/h6-18,20-22H,3-5,19H2,1-2H3/b18-13+,30-21-. The Morgan fingerprint density at radius 3 is 2.50 bits per heavy atom. The van der Waals surface area contributed by atoms with Crippen LogP contribution in [-0.4, -0.2) is 37.6 Å². The number of unbranched alkanes of at least 4 members (excludes halogenated alkanes) is 1. The topological polar surface area (TPSA) is 83.5 Å². The van der Waals surface area contributed by atoms with Crippen molar-refractivity contribution in [3.05, 3.63) is 117 Å². The summed E-state index contributed by atoms with van der Waals surface area (Å²) in [5.41, 5.74) is 3.26. The molecule has 3 aromatic heterocycles. The average Bonchev–Trinajstić information content (AvgIpc) is 3.73. The Morgan fingerprint density at radius 2 is 1.77 bits per heavy atom. The van der Waals surface area contributed by atoms with E-state index in [1.165, 1.54) is 21.9 Å². The quantitative estimate of drug-likeness (QED) is 0.158. The molecule has 3 aromatic carbocycles. The third-order valence-electron chi connectivity index (χ3n) is 6.82. The molecular weight excluding hydrogens is 577 g/mol. The second-order valence-electron chi connectivity index (χ2n) is 9.98. The number of hydrogen-bond acceptors (Lipinski definition) is 7. The lowest BCUT2D eigenvalue weighted by atomic mass is 10.1. The van der Waals surface area contributed by atoms with Crippen molar-refractivity contribution in [2.45, 2.75) is 26.7 Å². The molecule has 0 saturated heterocycles. The maximum Gasteiger partial charge on any atom is 0.291 e. The van der Waals surface area contributed by atoms with Crippen LogP contribution in [0.2, 0.25) is 0 Å². The highest BCUT2D eigenvalue weighted by Gasteiger charge is 2.16. The van der Waals surface area contributed by atoms with Gasteiger partial charge < -0.3 is 9.47 Å². The van der Waals surface area contributed by atoms with E-state index in [0.29, 0.717) is 45.4 Å². The van der Waals surface area contributed by atoms with E-state index in [4.69, 9.17) is 14.6 Å². The lowest BCUT2D eigenvalue weighted by molar-refractivity contribution is 0.309. The highest BCUT2D eigenvalue weighted by molar-refractivity contribution is 7.15. The number of nitrogens with zero attached hydrogens (tertiary/aromatic N) is 5. The van der Waals surface area contributed by atoms with Crippen LogP contribution in [0.4, 0.5) is 4.39 Å². The zero-order chi connectivity index (χ0) is 30.5. The zero-order valence-corrected chi connectivity index (χ0v) is 25.1. The van der Waals surface area contributed by atoms with E-state index >= 15 is 0 Å². The molecule has 0 aliphatic heterocycles. The van der Waals surface area contributed by atoms with Crippen LogP contribution >= 0.6 is 11.3 Å². The number of rotatable bonds is 11. The van der Waals surface area contributed by atoms with Crippen LogP contribution in [-0.2, 0) is 0 Å². The molecule has 0 N–H and O–H groups in total. The Morgan fingerprint density at radius 1 is 0.955 bits per heavy atom. The first kappa shape index (κ1) is 29.0. The van der Waals surface area contributed by atoms with Crippen LogP contribution in [0.25, 0.3) is 40.1 Å². The van der Waals surface area contributed by atoms with E-state index in [2.05, 4.69) is 17.0 Å². The molecule has 0 bridgehead atoms. The smallest absolute Gasteiger partial charge is 0.291 e. The second kappa shape index (κ2) is 13.0. The number of hydrogen-bond donors (Lipinski definition) is 0. The fraction of sp³-hybridized carbons (Fsp3) is 0.176. The van der Waals surface area contributed by atoms with E-state index in [1.807, 2.05) is 66.9 Å². The van der Waals surface area contributed by atoms with E-state index < -0.39 is 5.82 Å². The summed E-state index contributed by atoms with van der Waals surface area (Å²) in [4.78, 5) is 18.4. The predicted molar refractivity (Wildman–Crippen MR) is 172 cm³/mol. The molecule has 222 valence electrons. The number of halogens is 1. The van der Waals surface area contributed by atoms with E-state index in [-0.39, 0.29) is 11.3 Å². The number of aromatic nitrogens is 5. The van der Waals surface area contributed by atoms with Gasteiger partial charge in [-0.25, -0.2) is 9.07 Å². The summed E-state index contributed by atoms with van der Waals surface area (Å²) in [6, 6.07) is 22.1. The summed E-state index contributed by atoms with van der Waals surface area (Å²) in [6.07, 6.45) is 9.35. The van der Waals surface area contributed by atoms with E-state index in [0.717, 1.165) is 29.8 Å². The van der Waals surface area contributed by atoms with Crippen molar-refractivity contribution in [3.63, 3.8) is 0 Å². The van der Waals surface area contributed by atoms with Crippen LogP contribution in [0.1, 0.15) is 43.6 Å². The Balaban J connectivity index is 1.31. The molecule has 6 rings (SSSR count). The van der Waals surface area contributed by atoms with E-state index in [9.17, 15) is 9.18 Å². The second-order valence-corrected chi connectivity index (χ2v) is 11.0. The molecule has 0 unspecified atom stereocenters. The fourth-order valence-electron chi connectivity index (χ4n) is 4.59. The number of ether oxygens (including phenoxy) is 2. The molecule has 44 heavy (non-hydrogen) atoms. The van der Waals surface area contributed by atoms with Gasteiger partial charge in [-0.2, -0.15) is 14.6 Å². The first-order valence-corrected chi connectivity index (χ1v) is 15.2. The lowest BCUT2D eigenvalue weighted by Gasteiger charge is -2.06. The lowest BCUT2D eigenvalue weighted by Crippen LogP contribution is -2.23. The summed E-state index contributed by atoms with van der Waals surface area (Å²) in [6.45, 7) is 5.00. The molecule has 0 amide bonds. The van der Waals surface area contributed by atoms with Crippen LogP contribution in [0.3, 0.4) is 0 Å². The first-order chi connectivity index (χ1) is 21.5. The molecule has 6 aromatic rings. The minimum absolute atomic E-state index is 0.176. The molecule has 8 nitrogen and oxygen atoms in total. The van der Waals surface area contributed by atoms with Crippen molar-refractivity contribution in [2.75, 3.05) is 13.2 Å². The molecule has 0 radical (unpaired) electrons. The highest BCUT2D eigenvalue weighted by Crippen LogP contribution is 2.29. The SMILES string of the molecule is CCCCOc1ccc(/C=C/c2nc3s/c(=C\c4cn(-c5ccccc5)nc4-c4ccc(OCC)c(F)c4)c(=O)n3n2)cc1. The summed E-state index contributed by atoms with van der Waals surface area (Å²) in [5.74, 6) is 0.964.